The number of aryl methyl sites for hydroxylation is 1. The van der Waals surface area contributed by atoms with Crippen LogP contribution >= 0.6 is 22.9 Å². The van der Waals surface area contributed by atoms with Gasteiger partial charge in [0.25, 0.3) is 6.43 Å². The summed E-state index contributed by atoms with van der Waals surface area (Å²) in [5, 5.41) is 1.20. The molecule has 0 amide bonds. The van der Waals surface area contributed by atoms with E-state index < -0.39 is 6.43 Å². The Morgan fingerprint density at radius 1 is 1.36 bits per heavy atom. The number of rotatable bonds is 1. The highest BCUT2D eigenvalue weighted by molar-refractivity contribution is 7.19. The third-order valence-corrected chi connectivity index (χ3v) is 3.41. The minimum Gasteiger partial charge on any atom is -0.205 e. The van der Waals surface area contributed by atoms with E-state index in [-0.39, 0.29) is 5.56 Å². The number of alkyl halides is 2. The fourth-order valence-corrected chi connectivity index (χ4v) is 2.83. The maximum atomic E-state index is 12.7. The van der Waals surface area contributed by atoms with Gasteiger partial charge in [0.15, 0.2) is 0 Å². The number of thiophene rings is 1. The van der Waals surface area contributed by atoms with Crippen LogP contribution in [0.5, 0.6) is 0 Å². The third kappa shape index (κ3) is 1.51. The van der Waals surface area contributed by atoms with E-state index in [1.807, 2.05) is 0 Å². The monoisotopic (exact) mass is 232 g/mol. The molecule has 14 heavy (non-hydrogen) atoms. The maximum Gasteiger partial charge on any atom is 0.265 e. The van der Waals surface area contributed by atoms with Crippen LogP contribution in [0, 0.1) is 6.92 Å². The van der Waals surface area contributed by atoms with Crippen molar-refractivity contribution >= 4 is 33.0 Å². The molecule has 1 aromatic heterocycles. The first kappa shape index (κ1) is 9.87. The van der Waals surface area contributed by atoms with Crippen molar-refractivity contribution < 1.29 is 8.78 Å². The van der Waals surface area contributed by atoms with E-state index in [4.69, 9.17) is 11.6 Å². The van der Waals surface area contributed by atoms with Crippen molar-refractivity contribution in [2.75, 3.05) is 0 Å². The molecule has 0 radical (unpaired) electrons. The van der Waals surface area contributed by atoms with Gasteiger partial charge in [-0.3, -0.25) is 0 Å². The maximum absolute atomic E-state index is 12.7. The molecule has 4 heteroatoms. The predicted octanol–water partition coefficient (Wildman–Crippen LogP) is 4.80. The van der Waals surface area contributed by atoms with Gasteiger partial charge in [0, 0.05) is 25.5 Å². The Morgan fingerprint density at radius 2 is 2.07 bits per heavy atom. The summed E-state index contributed by atoms with van der Waals surface area (Å²) in [4.78, 5) is 0.664. The zero-order valence-electron chi connectivity index (χ0n) is 7.35. The zero-order chi connectivity index (χ0) is 10.3. The van der Waals surface area contributed by atoms with E-state index in [1.54, 1.807) is 25.1 Å². The van der Waals surface area contributed by atoms with Crippen molar-refractivity contribution in [3.63, 3.8) is 0 Å². The lowest BCUT2D eigenvalue weighted by Gasteiger charge is -1.98. The van der Waals surface area contributed by atoms with Gasteiger partial charge in [-0.2, -0.15) is 0 Å². The van der Waals surface area contributed by atoms with Crippen molar-refractivity contribution in [2.45, 2.75) is 13.3 Å². The average Bonchev–Trinajstić information content (AvgIpc) is 2.39. The fraction of sp³-hybridized carbons (Fsp3) is 0.200. The Morgan fingerprint density at radius 3 is 2.71 bits per heavy atom. The smallest absolute Gasteiger partial charge is 0.205 e. The number of hydrogen-bond acceptors (Lipinski definition) is 1. The molecule has 1 aromatic carbocycles. The van der Waals surface area contributed by atoms with Crippen LogP contribution in [-0.4, -0.2) is 0 Å². The fourth-order valence-electron chi connectivity index (χ4n) is 1.48. The second-order valence-corrected chi connectivity index (χ2v) is 4.71. The van der Waals surface area contributed by atoms with Gasteiger partial charge in [-0.15, -0.1) is 11.3 Å². The van der Waals surface area contributed by atoms with Crippen LogP contribution in [0.3, 0.4) is 0 Å². The molecule has 0 bridgehead atoms. The van der Waals surface area contributed by atoms with E-state index in [1.165, 1.54) is 11.3 Å². The van der Waals surface area contributed by atoms with Gasteiger partial charge in [0.2, 0.25) is 0 Å². The molecule has 1 heterocycles. The van der Waals surface area contributed by atoms with Crippen LogP contribution in [0.4, 0.5) is 8.78 Å². The summed E-state index contributed by atoms with van der Waals surface area (Å²) in [6.45, 7) is 1.71. The first-order chi connectivity index (χ1) is 6.59. The van der Waals surface area contributed by atoms with Gasteiger partial charge >= 0.3 is 0 Å². The Balaban J connectivity index is 2.77. The van der Waals surface area contributed by atoms with Gasteiger partial charge in [-0.05, 0) is 19.1 Å². The molecule has 0 atom stereocenters. The van der Waals surface area contributed by atoms with Crippen molar-refractivity contribution in [3.8, 4) is 0 Å². The third-order valence-electron chi connectivity index (χ3n) is 2.09. The number of halogens is 3. The molecule has 0 nitrogen and oxygen atoms in total. The molecule has 0 saturated heterocycles. The summed E-state index contributed by atoms with van der Waals surface area (Å²) in [6, 6.07) is 5.02. The minimum atomic E-state index is -2.41. The summed E-state index contributed by atoms with van der Waals surface area (Å²) >= 11 is 7.14. The van der Waals surface area contributed by atoms with Crippen molar-refractivity contribution in [1.29, 1.82) is 0 Å². The Hall–Kier alpha value is -0.670. The lowest BCUT2D eigenvalue weighted by atomic mass is 10.1. The molecule has 0 aliphatic heterocycles. The highest BCUT2D eigenvalue weighted by atomic mass is 35.5. The highest BCUT2D eigenvalue weighted by Crippen LogP contribution is 2.37. The van der Waals surface area contributed by atoms with Crippen LogP contribution in [0.2, 0.25) is 5.02 Å². The Labute approximate surface area is 89.1 Å². The molecule has 0 aliphatic rings. The molecule has 0 spiro atoms. The molecular formula is C10H7ClF2S. The van der Waals surface area contributed by atoms with Crippen LogP contribution in [0.1, 0.15) is 16.9 Å². The van der Waals surface area contributed by atoms with E-state index in [9.17, 15) is 8.78 Å². The summed E-state index contributed by atoms with van der Waals surface area (Å²) in [6.07, 6.45) is -2.41. The largest absolute Gasteiger partial charge is 0.265 e. The molecule has 0 saturated carbocycles. The van der Waals surface area contributed by atoms with Crippen LogP contribution in [-0.2, 0) is 0 Å². The molecule has 74 valence electrons. The summed E-state index contributed by atoms with van der Waals surface area (Å²) in [5.74, 6) is 0. The standard InChI is InChI=1S/C10H7ClF2S/c1-5-9(10(12)13)7-3-2-6(11)4-8(7)14-5/h2-4,10H,1H3. The minimum absolute atomic E-state index is 0.140. The normalized spacial score (nSPS) is 11.5. The highest BCUT2D eigenvalue weighted by Gasteiger charge is 2.17. The average molecular weight is 233 g/mol. The first-order valence-electron chi connectivity index (χ1n) is 4.06. The quantitative estimate of drug-likeness (QED) is 0.663. The molecule has 2 aromatic rings. The van der Waals surface area contributed by atoms with Crippen LogP contribution in [0.15, 0.2) is 18.2 Å². The number of fused-ring (bicyclic) bond motifs is 1. The Kier molecular flexibility index (Phi) is 2.45. The van der Waals surface area contributed by atoms with Gasteiger partial charge in [0.1, 0.15) is 0 Å². The SMILES string of the molecule is Cc1sc2cc(Cl)ccc2c1C(F)F. The van der Waals surface area contributed by atoms with Gasteiger partial charge in [-0.25, -0.2) is 8.78 Å². The zero-order valence-corrected chi connectivity index (χ0v) is 8.92. The topological polar surface area (TPSA) is 0 Å². The van der Waals surface area contributed by atoms with E-state index in [0.717, 1.165) is 4.70 Å². The second-order valence-electron chi connectivity index (χ2n) is 3.01. The summed E-state index contributed by atoms with van der Waals surface area (Å²) in [7, 11) is 0. The Bertz CT molecular complexity index is 476. The number of benzene rings is 1. The van der Waals surface area contributed by atoms with Gasteiger partial charge < -0.3 is 0 Å². The lowest BCUT2D eigenvalue weighted by molar-refractivity contribution is 0.153. The van der Waals surface area contributed by atoms with Crippen molar-refractivity contribution in [1.82, 2.24) is 0 Å². The van der Waals surface area contributed by atoms with Gasteiger partial charge in [0.05, 0.1) is 0 Å². The molecular weight excluding hydrogens is 226 g/mol. The van der Waals surface area contributed by atoms with Gasteiger partial charge in [-0.1, -0.05) is 17.7 Å². The van der Waals surface area contributed by atoms with E-state index >= 15 is 0 Å². The number of hydrogen-bond donors (Lipinski definition) is 0. The molecule has 0 aliphatic carbocycles. The van der Waals surface area contributed by atoms with Crippen LogP contribution in [0.25, 0.3) is 10.1 Å². The molecule has 0 fully saturated rings. The molecule has 2 rings (SSSR count). The predicted molar refractivity (Wildman–Crippen MR) is 56.5 cm³/mol. The molecule has 0 unspecified atom stereocenters. The first-order valence-corrected chi connectivity index (χ1v) is 5.25. The van der Waals surface area contributed by atoms with E-state index in [2.05, 4.69) is 0 Å². The van der Waals surface area contributed by atoms with Crippen molar-refractivity contribution in [2.24, 2.45) is 0 Å². The van der Waals surface area contributed by atoms with Crippen LogP contribution < -0.4 is 0 Å². The second kappa shape index (κ2) is 3.48. The summed E-state index contributed by atoms with van der Waals surface area (Å²) in [5.41, 5.74) is 0.140. The molecule has 0 N–H and O–H groups in total. The lowest BCUT2D eigenvalue weighted by Crippen LogP contribution is -1.83. The van der Waals surface area contributed by atoms with E-state index in [0.29, 0.717) is 15.3 Å². The summed E-state index contributed by atoms with van der Waals surface area (Å²) < 4.78 is 26.2. The van der Waals surface area contributed by atoms with Crippen molar-refractivity contribution in [3.05, 3.63) is 33.7 Å².